The molecule has 0 bridgehead atoms. The minimum Gasteiger partial charge on any atom is -0.462 e. The van der Waals surface area contributed by atoms with Gasteiger partial charge < -0.3 is 9.47 Å². The summed E-state index contributed by atoms with van der Waals surface area (Å²) in [5.74, 6) is -0.685. The molecule has 0 saturated heterocycles. The lowest BCUT2D eigenvalue weighted by molar-refractivity contribution is -0.163. The fourth-order valence-electron chi connectivity index (χ4n) is 3.49. The zero-order valence-electron chi connectivity index (χ0n) is 18.0. The van der Waals surface area contributed by atoms with Crippen LogP contribution in [0, 0.1) is 11.8 Å². The summed E-state index contributed by atoms with van der Waals surface area (Å²) >= 11 is 0. The van der Waals surface area contributed by atoms with Gasteiger partial charge in [-0.15, -0.1) is 0 Å². The molecule has 27 heavy (non-hydrogen) atoms. The lowest BCUT2D eigenvalue weighted by Gasteiger charge is -2.31. The molecule has 0 aliphatic heterocycles. The van der Waals surface area contributed by atoms with Crippen LogP contribution in [0.25, 0.3) is 0 Å². The van der Waals surface area contributed by atoms with Gasteiger partial charge in [0.25, 0.3) is 0 Å². The number of carbonyl (C=O) groups is 2. The molecule has 0 fully saturated rings. The molecule has 152 valence electrons. The zero-order valence-corrected chi connectivity index (χ0v) is 18.0. The highest BCUT2D eigenvalue weighted by atomic mass is 16.6. The Hall–Kier alpha value is -1.84. The summed E-state index contributed by atoms with van der Waals surface area (Å²) in [6.45, 7) is 13.5. The van der Waals surface area contributed by atoms with E-state index in [1.54, 1.807) is 6.92 Å². The molecule has 1 rings (SSSR count). The third-order valence-corrected chi connectivity index (χ3v) is 4.84. The first-order valence-corrected chi connectivity index (χ1v) is 10.1. The van der Waals surface area contributed by atoms with E-state index >= 15 is 0 Å². The second kappa shape index (κ2) is 10.5. The summed E-state index contributed by atoms with van der Waals surface area (Å²) in [5.41, 5.74) is 0.633. The molecule has 0 heterocycles. The number of rotatable bonds is 9. The normalized spacial score (nSPS) is 15.1. The summed E-state index contributed by atoms with van der Waals surface area (Å²) in [5, 5.41) is 0. The van der Waals surface area contributed by atoms with Gasteiger partial charge in [-0.25, -0.2) is 0 Å². The third kappa shape index (κ3) is 7.74. The maximum Gasteiger partial charge on any atom is 0.309 e. The Morgan fingerprint density at radius 3 is 2.04 bits per heavy atom. The molecule has 0 radical (unpaired) electrons. The maximum absolute atomic E-state index is 12.6. The van der Waals surface area contributed by atoms with Gasteiger partial charge in [-0.2, -0.15) is 0 Å². The Morgan fingerprint density at radius 2 is 1.56 bits per heavy atom. The topological polar surface area (TPSA) is 52.6 Å². The van der Waals surface area contributed by atoms with Crippen molar-refractivity contribution in [1.29, 1.82) is 0 Å². The first-order chi connectivity index (χ1) is 12.6. The number of hydrogen-bond donors (Lipinski definition) is 0. The predicted molar refractivity (Wildman–Crippen MR) is 108 cm³/mol. The Balaban J connectivity index is 2.81. The van der Waals surface area contributed by atoms with E-state index in [-0.39, 0.29) is 30.4 Å². The maximum atomic E-state index is 12.6. The lowest BCUT2D eigenvalue weighted by atomic mass is 9.79. The molecule has 0 N–H and O–H groups in total. The Labute approximate surface area is 164 Å². The lowest BCUT2D eigenvalue weighted by Crippen LogP contribution is -2.31. The van der Waals surface area contributed by atoms with Gasteiger partial charge in [0.1, 0.15) is 11.7 Å². The quantitative estimate of drug-likeness (QED) is 0.534. The van der Waals surface area contributed by atoms with E-state index < -0.39 is 11.5 Å². The molecule has 0 aliphatic rings. The highest BCUT2D eigenvalue weighted by Crippen LogP contribution is 2.34. The Morgan fingerprint density at radius 1 is 1.00 bits per heavy atom. The average Bonchev–Trinajstić information content (AvgIpc) is 2.58. The summed E-state index contributed by atoms with van der Waals surface area (Å²) in [4.78, 5) is 24.5. The van der Waals surface area contributed by atoms with Gasteiger partial charge in [-0.1, -0.05) is 63.9 Å². The minimum atomic E-state index is -0.554. The SMILES string of the molecule is CCC(CC)[C@@H](c1ccccc1)C(C)OC(=O)[C@H](C)CC(=O)OC(C)(C)C. The Bertz CT molecular complexity index is 584. The monoisotopic (exact) mass is 376 g/mol. The van der Waals surface area contributed by atoms with E-state index in [2.05, 4.69) is 26.0 Å². The van der Waals surface area contributed by atoms with Gasteiger partial charge in [0, 0.05) is 5.92 Å². The number of hydrogen-bond acceptors (Lipinski definition) is 4. The minimum absolute atomic E-state index is 0.0316. The Kier molecular flexibility index (Phi) is 9.01. The first-order valence-electron chi connectivity index (χ1n) is 10.1. The van der Waals surface area contributed by atoms with E-state index in [0.29, 0.717) is 5.92 Å². The number of ether oxygens (including phenoxy) is 2. The van der Waals surface area contributed by atoms with E-state index in [1.807, 2.05) is 45.9 Å². The summed E-state index contributed by atoms with van der Waals surface area (Å²) in [6, 6.07) is 10.2. The molecule has 0 aromatic heterocycles. The van der Waals surface area contributed by atoms with E-state index in [0.717, 1.165) is 12.8 Å². The number of esters is 2. The van der Waals surface area contributed by atoms with Crippen LogP contribution in [0.5, 0.6) is 0 Å². The molecule has 4 heteroatoms. The molecule has 0 amide bonds. The number of benzene rings is 1. The second-order valence-electron chi connectivity index (χ2n) is 8.35. The molecule has 3 atom stereocenters. The van der Waals surface area contributed by atoms with Crippen molar-refractivity contribution in [3.8, 4) is 0 Å². The van der Waals surface area contributed by atoms with Crippen LogP contribution in [0.2, 0.25) is 0 Å². The fraction of sp³-hybridized carbons (Fsp3) is 0.652. The van der Waals surface area contributed by atoms with Crippen molar-refractivity contribution in [3.05, 3.63) is 35.9 Å². The van der Waals surface area contributed by atoms with Crippen LogP contribution in [-0.4, -0.2) is 23.6 Å². The molecular formula is C23H36O4. The highest BCUT2D eigenvalue weighted by Gasteiger charge is 2.31. The van der Waals surface area contributed by atoms with Gasteiger partial charge >= 0.3 is 11.9 Å². The van der Waals surface area contributed by atoms with Crippen molar-refractivity contribution in [1.82, 2.24) is 0 Å². The molecular weight excluding hydrogens is 340 g/mol. The van der Waals surface area contributed by atoms with Crippen LogP contribution >= 0.6 is 0 Å². The van der Waals surface area contributed by atoms with E-state index in [9.17, 15) is 9.59 Å². The molecule has 0 spiro atoms. The van der Waals surface area contributed by atoms with Crippen LogP contribution in [0.4, 0.5) is 0 Å². The van der Waals surface area contributed by atoms with Crippen LogP contribution in [0.3, 0.4) is 0 Å². The van der Waals surface area contributed by atoms with Crippen LogP contribution in [-0.2, 0) is 19.1 Å². The largest absolute Gasteiger partial charge is 0.462 e. The summed E-state index contributed by atoms with van der Waals surface area (Å²) in [6.07, 6.45) is 1.81. The predicted octanol–water partition coefficient (Wildman–Crippen LogP) is 5.51. The molecule has 0 saturated carbocycles. The molecule has 1 unspecified atom stereocenters. The smallest absolute Gasteiger partial charge is 0.309 e. The van der Waals surface area contributed by atoms with E-state index in [1.165, 1.54) is 5.56 Å². The second-order valence-corrected chi connectivity index (χ2v) is 8.35. The van der Waals surface area contributed by atoms with Crippen molar-refractivity contribution < 1.29 is 19.1 Å². The van der Waals surface area contributed by atoms with Crippen LogP contribution in [0.15, 0.2) is 30.3 Å². The highest BCUT2D eigenvalue weighted by molar-refractivity contribution is 5.80. The molecule has 1 aromatic carbocycles. The fourth-order valence-corrected chi connectivity index (χ4v) is 3.49. The van der Waals surface area contributed by atoms with Crippen LogP contribution < -0.4 is 0 Å². The zero-order chi connectivity index (χ0) is 20.6. The van der Waals surface area contributed by atoms with Gasteiger partial charge in [0.05, 0.1) is 12.3 Å². The standard InChI is InChI=1S/C23H36O4/c1-8-18(9-2)21(19-13-11-10-12-14-19)17(4)26-22(25)16(3)15-20(24)27-23(5,6)7/h10-14,16-18,21H,8-9,15H2,1-7H3/t16-,17?,21+/m1/s1. The van der Waals surface area contributed by atoms with Gasteiger partial charge in [0.15, 0.2) is 0 Å². The summed E-state index contributed by atoms with van der Waals surface area (Å²) in [7, 11) is 0. The van der Waals surface area contributed by atoms with Crippen molar-refractivity contribution in [3.63, 3.8) is 0 Å². The molecule has 4 nitrogen and oxygen atoms in total. The van der Waals surface area contributed by atoms with Crippen molar-refractivity contribution in [2.75, 3.05) is 0 Å². The van der Waals surface area contributed by atoms with Gasteiger partial charge in [-0.05, 0) is 39.2 Å². The third-order valence-electron chi connectivity index (χ3n) is 4.84. The van der Waals surface area contributed by atoms with E-state index in [4.69, 9.17) is 9.47 Å². The average molecular weight is 377 g/mol. The molecule has 0 aliphatic carbocycles. The van der Waals surface area contributed by atoms with Gasteiger partial charge in [-0.3, -0.25) is 9.59 Å². The molecule has 1 aromatic rings. The number of carbonyl (C=O) groups excluding carboxylic acids is 2. The van der Waals surface area contributed by atoms with Crippen molar-refractivity contribution in [2.45, 2.75) is 85.4 Å². The van der Waals surface area contributed by atoms with Gasteiger partial charge in [0.2, 0.25) is 0 Å². The van der Waals surface area contributed by atoms with Crippen LogP contribution in [0.1, 0.15) is 79.2 Å². The summed E-state index contributed by atoms with van der Waals surface area (Å²) < 4.78 is 11.1. The van der Waals surface area contributed by atoms with Crippen molar-refractivity contribution in [2.24, 2.45) is 11.8 Å². The first kappa shape index (κ1) is 23.2. The van der Waals surface area contributed by atoms with Crippen molar-refractivity contribution >= 4 is 11.9 Å².